The molecule has 0 aromatic rings. The lowest BCUT2D eigenvalue weighted by molar-refractivity contribution is -0.0534. The zero-order valence-corrected chi connectivity index (χ0v) is 15.9. The van der Waals surface area contributed by atoms with Gasteiger partial charge < -0.3 is 5.11 Å². The maximum Gasteiger partial charge on any atom is 0.0794 e. The van der Waals surface area contributed by atoms with Crippen LogP contribution in [-0.4, -0.2) is 26.8 Å². The number of hydrogen-bond acceptors (Lipinski definition) is 3. The highest BCUT2D eigenvalue weighted by Crippen LogP contribution is 2.63. The number of allylic oxidation sites excluding steroid dienone is 1. The van der Waals surface area contributed by atoms with Crippen LogP contribution in [-0.2, 0) is 0 Å². The van der Waals surface area contributed by atoms with E-state index < -0.39 is 0 Å². The Hall–Kier alpha value is 0.400. The summed E-state index contributed by atoms with van der Waals surface area (Å²) in [6.45, 7) is 2.40. The van der Waals surface area contributed by atoms with Crippen LogP contribution in [0.15, 0.2) is 11.6 Å². The van der Waals surface area contributed by atoms with Crippen molar-refractivity contribution in [3.8, 4) is 0 Å². The molecule has 1 saturated heterocycles. The van der Waals surface area contributed by atoms with Crippen molar-refractivity contribution >= 4 is 23.5 Å². The molecule has 1 N–H and O–H groups in total. The fraction of sp³-hybridized carbons (Fsp3) is 0.900. The molecule has 1 heterocycles. The quantitative estimate of drug-likeness (QED) is 0.614. The van der Waals surface area contributed by atoms with E-state index in [-0.39, 0.29) is 11.5 Å². The van der Waals surface area contributed by atoms with Crippen molar-refractivity contribution in [2.24, 2.45) is 29.1 Å². The summed E-state index contributed by atoms with van der Waals surface area (Å²) < 4.78 is 0.464. The van der Waals surface area contributed by atoms with Crippen LogP contribution < -0.4 is 0 Å². The third-order valence-corrected chi connectivity index (χ3v) is 11.6. The van der Waals surface area contributed by atoms with Crippen molar-refractivity contribution in [3.05, 3.63) is 11.6 Å². The minimum atomic E-state index is -0.0219. The van der Waals surface area contributed by atoms with Gasteiger partial charge in [0, 0.05) is 11.5 Å². The molecule has 3 saturated carbocycles. The first kappa shape index (κ1) is 15.6. The number of aliphatic hydroxyl groups excluding tert-OH is 1. The molecular formula is C20H30OS2. The Morgan fingerprint density at radius 3 is 2.65 bits per heavy atom. The van der Waals surface area contributed by atoms with Gasteiger partial charge in [-0.2, -0.15) is 0 Å². The molecule has 5 aliphatic rings. The van der Waals surface area contributed by atoms with E-state index >= 15 is 0 Å². The molecule has 5 rings (SSSR count). The van der Waals surface area contributed by atoms with Crippen LogP contribution in [0.25, 0.3) is 0 Å². The first-order chi connectivity index (χ1) is 11.1. The average Bonchev–Trinajstić information content (AvgIpc) is 3.12. The van der Waals surface area contributed by atoms with Crippen LogP contribution in [0.1, 0.15) is 58.3 Å². The Morgan fingerprint density at radius 1 is 1.00 bits per heavy atom. The summed E-state index contributed by atoms with van der Waals surface area (Å²) in [5.41, 5.74) is 2.08. The second kappa shape index (κ2) is 5.45. The van der Waals surface area contributed by atoms with E-state index in [9.17, 15) is 5.11 Å². The van der Waals surface area contributed by atoms with Crippen LogP contribution in [0.5, 0.6) is 0 Å². The van der Waals surface area contributed by atoms with Gasteiger partial charge in [-0.05, 0) is 80.5 Å². The third-order valence-electron chi connectivity index (χ3n) is 8.19. The molecule has 1 nitrogen and oxygen atoms in total. The van der Waals surface area contributed by atoms with Crippen LogP contribution >= 0.6 is 23.5 Å². The molecule has 4 aliphatic carbocycles. The lowest BCUT2D eigenvalue weighted by atomic mass is 9.52. The molecule has 128 valence electrons. The van der Waals surface area contributed by atoms with Gasteiger partial charge in [-0.25, -0.2) is 0 Å². The summed E-state index contributed by atoms with van der Waals surface area (Å²) in [5, 5.41) is 10.5. The van der Waals surface area contributed by atoms with Gasteiger partial charge in [0.25, 0.3) is 0 Å². The van der Waals surface area contributed by atoms with Crippen molar-refractivity contribution < 1.29 is 5.11 Å². The molecule has 0 amide bonds. The molecular weight excluding hydrogens is 320 g/mol. The Kier molecular flexibility index (Phi) is 3.70. The van der Waals surface area contributed by atoms with Crippen LogP contribution in [0.3, 0.4) is 0 Å². The monoisotopic (exact) mass is 350 g/mol. The van der Waals surface area contributed by atoms with Gasteiger partial charge in [-0.1, -0.05) is 18.6 Å². The number of hydrogen-bond donors (Lipinski definition) is 1. The second-order valence-corrected chi connectivity index (χ2v) is 12.1. The molecule has 1 spiro atoms. The van der Waals surface area contributed by atoms with Gasteiger partial charge in [0.1, 0.15) is 0 Å². The summed E-state index contributed by atoms with van der Waals surface area (Å²) in [5.74, 6) is 6.25. The molecule has 0 unspecified atom stereocenters. The number of thioether (sulfide) groups is 2. The van der Waals surface area contributed by atoms with Gasteiger partial charge >= 0.3 is 0 Å². The number of aliphatic hydroxyl groups is 1. The van der Waals surface area contributed by atoms with E-state index in [4.69, 9.17) is 0 Å². The van der Waals surface area contributed by atoms with Crippen LogP contribution in [0.2, 0.25) is 0 Å². The molecule has 0 bridgehead atoms. The standard InChI is InChI=1S/C20H30OS2/c1-19-8-6-15-14-7-9-20(22-10-11-23-20)12-13(14)2-3-16(15)17(19)4-5-18(19)21/h12,14-18,21H,2-11H2,1H3/t14-,15+,16+,17-,18-,19+/m0/s1. The van der Waals surface area contributed by atoms with E-state index in [0.29, 0.717) is 4.08 Å². The van der Waals surface area contributed by atoms with Gasteiger partial charge in [0.2, 0.25) is 0 Å². The Labute approximate surface area is 149 Å². The van der Waals surface area contributed by atoms with Crippen molar-refractivity contribution in [1.29, 1.82) is 0 Å². The minimum Gasteiger partial charge on any atom is -0.393 e. The number of fused-ring (bicyclic) bond motifs is 5. The van der Waals surface area contributed by atoms with Crippen LogP contribution in [0, 0.1) is 29.1 Å². The Bertz CT molecular complexity index is 524. The van der Waals surface area contributed by atoms with Gasteiger partial charge in [-0.15, -0.1) is 23.5 Å². The largest absolute Gasteiger partial charge is 0.393 e. The molecule has 0 aromatic carbocycles. The summed E-state index contributed by atoms with van der Waals surface area (Å²) in [6.07, 6.45) is 13.3. The van der Waals surface area contributed by atoms with Gasteiger partial charge in [-0.3, -0.25) is 0 Å². The summed E-state index contributed by atoms with van der Waals surface area (Å²) >= 11 is 4.44. The van der Waals surface area contributed by atoms with E-state index in [1.54, 1.807) is 0 Å². The molecule has 1 aliphatic heterocycles. The predicted molar refractivity (Wildman–Crippen MR) is 101 cm³/mol. The highest BCUT2D eigenvalue weighted by atomic mass is 32.2. The zero-order chi connectivity index (χ0) is 15.7. The summed E-state index contributed by atoms with van der Waals surface area (Å²) in [7, 11) is 0. The van der Waals surface area contributed by atoms with Crippen molar-refractivity contribution in [2.45, 2.75) is 68.5 Å². The summed E-state index contributed by atoms with van der Waals surface area (Å²) in [6, 6.07) is 0. The molecule has 4 fully saturated rings. The zero-order valence-electron chi connectivity index (χ0n) is 14.3. The molecule has 0 radical (unpaired) electrons. The Balaban J connectivity index is 1.42. The number of rotatable bonds is 0. The van der Waals surface area contributed by atoms with Crippen molar-refractivity contribution in [1.82, 2.24) is 0 Å². The lowest BCUT2D eigenvalue weighted by Crippen LogP contribution is -2.48. The molecule has 0 aromatic heterocycles. The average molecular weight is 351 g/mol. The molecule has 23 heavy (non-hydrogen) atoms. The smallest absolute Gasteiger partial charge is 0.0794 e. The molecule has 6 atom stereocenters. The first-order valence-electron chi connectivity index (χ1n) is 9.79. The second-order valence-electron chi connectivity index (χ2n) is 8.98. The minimum absolute atomic E-state index is 0.0219. The maximum atomic E-state index is 10.5. The van der Waals surface area contributed by atoms with Crippen LogP contribution in [0.4, 0.5) is 0 Å². The normalized spacial score (nSPS) is 51.0. The maximum absolute atomic E-state index is 10.5. The van der Waals surface area contributed by atoms with Gasteiger partial charge in [0.15, 0.2) is 0 Å². The predicted octanol–water partition coefficient (Wildman–Crippen LogP) is 5.10. The van der Waals surface area contributed by atoms with Crippen molar-refractivity contribution in [2.75, 3.05) is 11.5 Å². The van der Waals surface area contributed by atoms with Crippen molar-refractivity contribution in [3.63, 3.8) is 0 Å². The van der Waals surface area contributed by atoms with Gasteiger partial charge in [0.05, 0.1) is 10.2 Å². The fourth-order valence-electron chi connectivity index (χ4n) is 6.99. The topological polar surface area (TPSA) is 20.2 Å². The third kappa shape index (κ3) is 2.25. The Morgan fingerprint density at radius 2 is 1.83 bits per heavy atom. The molecule has 3 heteroatoms. The highest BCUT2D eigenvalue weighted by molar-refractivity contribution is 8.21. The fourth-order valence-corrected chi connectivity index (χ4v) is 10.2. The van der Waals surface area contributed by atoms with E-state index in [1.165, 1.54) is 56.5 Å². The summed E-state index contributed by atoms with van der Waals surface area (Å²) in [4.78, 5) is 0. The lowest BCUT2D eigenvalue weighted by Gasteiger charge is -2.54. The van der Waals surface area contributed by atoms with E-state index in [2.05, 4.69) is 36.5 Å². The van der Waals surface area contributed by atoms with E-state index in [1.807, 2.05) is 5.57 Å². The first-order valence-corrected chi connectivity index (χ1v) is 11.8. The highest BCUT2D eigenvalue weighted by Gasteiger charge is 2.56. The SMILES string of the molecule is C[C@@]12CC[C@H]3[C@@H](CCC4=CC5(CC[C@@H]43)SCCS5)[C@@H]1CC[C@@H]2O. The van der Waals surface area contributed by atoms with E-state index in [0.717, 1.165) is 30.1 Å².